The molecule has 2 rings (SSSR count). The number of hydrogen-bond donors (Lipinski definition) is 0. The SMILES string of the molecule is C=C1CCOc2cc(F)c(I)nc21. The van der Waals surface area contributed by atoms with Crippen molar-refractivity contribution in [1.82, 2.24) is 4.98 Å². The molecule has 0 aliphatic carbocycles. The predicted octanol–water partition coefficient (Wildman–Crippen LogP) is 2.62. The summed E-state index contributed by atoms with van der Waals surface area (Å²) in [6.07, 6.45) is 0.766. The van der Waals surface area contributed by atoms with E-state index in [9.17, 15) is 4.39 Å². The number of fused-ring (bicyclic) bond motifs is 1. The summed E-state index contributed by atoms with van der Waals surface area (Å²) >= 11 is 1.86. The lowest BCUT2D eigenvalue weighted by atomic mass is 10.1. The Labute approximate surface area is 89.0 Å². The van der Waals surface area contributed by atoms with Crippen LogP contribution in [0.1, 0.15) is 12.1 Å². The fraction of sp³-hybridized carbons (Fsp3) is 0.222. The predicted molar refractivity (Wildman–Crippen MR) is 56.1 cm³/mol. The van der Waals surface area contributed by atoms with E-state index in [0.717, 1.165) is 12.0 Å². The van der Waals surface area contributed by atoms with Gasteiger partial charge in [0.15, 0.2) is 5.82 Å². The smallest absolute Gasteiger partial charge is 0.158 e. The van der Waals surface area contributed by atoms with Gasteiger partial charge in [0.25, 0.3) is 0 Å². The van der Waals surface area contributed by atoms with Gasteiger partial charge in [0.05, 0.1) is 6.61 Å². The molecule has 1 aromatic rings. The lowest BCUT2D eigenvalue weighted by molar-refractivity contribution is 0.312. The van der Waals surface area contributed by atoms with E-state index in [2.05, 4.69) is 11.6 Å². The molecule has 0 saturated heterocycles. The molecule has 68 valence electrons. The van der Waals surface area contributed by atoms with E-state index in [1.807, 2.05) is 22.6 Å². The Bertz CT molecular complexity index is 378. The van der Waals surface area contributed by atoms with Gasteiger partial charge in [-0.25, -0.2) is 9.37 Å². The highest BCUT2D eigenvalue weighted by Gasteiger charge is 2.17. The van der Waals surface area contributed by atoms with E-state index in [0.29, 0.717) is 21.8 Å². The quantitative estimate of drug-likeness (QED) is 0.541. The molecule has 1 aliphatic heterocycles. The van der Waals surface area contributed by atoms with Crippen LogP contribution in [0.4, 0.5) is 4.39 Å². The highest BCUT2D eigenvalue weighted by Crippen LogP contribution is 2.31. The van der Waals surface area contributed by atoms with Crippen LogP contribution in [0, 0.1) is 9.52 Å². The summed E-state index contributed by atoms with van der Waals surface area (Å²) in [5, 5.41) is 0. The number of hydrogen-bond acceptors (Lipinski definition) is 2. The standard InChI is InChI=1S/C9H7FINO/c1-5-2-3-13-7-4-6(10)9(11)12-8(5)7/h4H,1-3H2. The molecule has 2 nitrogen and oxygen atoms in total. The average molecular weight is 291 g/mol. The van der Waals surface area contributed by atoms with E-state index >= 15 is 0 Å². The number of halogens is 2. The molecule has 0 amide bonds. The highest BCUT2D eigenvalue weighted by molar-refractivity contribution is 14.1. The number of nitrogens with zero attached hydrogens (tertiary/aromatic N) is 1. The van der Waals surface area contributed by atoms with E-state index < -0.39 is 0 Å². The van der Waals surface area contributed by atoms with Crippen molar-refractivity contribution < 1.29 is 9.13 Å². The largest absolute Gasteiger partial charge is 0.491 e. The maximum absolute atomic E-state index is 13.1. The lowest BCUT2D eigenvalue weighted by Crippen LogP contribution is -2.10. The van der Waals surface area contributed by atoms with Crippen molar-refractivity contribution >= 4 is 28.2 Å². The first-order valence-electron chi connectivity index (χ1n) is 3.85. The summed E-state index contributed by atoms with van der Waals surface area (Å²) in [5.41, 5.74) is 1.61. The summed E-state index contributed by atoms with van der Waals surface area (Å²) in [7, 11) is 0. The van der Waals surface area contributed by atoms with Crippen molar-refractivity contribution in [2.45, 2.75) is 6.42 Å². The third kappa shape index (κ3) is 1.54. The first kappa shape index (κ1) is 8.93. The zero-order valence-corrected chi connectivity index (χ0v) is 8.97. The molecule has 0 spiro atoms. The zero-order chi connectivity index (χ0) is 9.42. The fourth-order valence-corrected chi connectivity index (χ4v) is 1.61. The molecule has 1 aromatic heterocycles. The van der Waals surface area contributed by atoms with Gasteiger partial charge in [0.1, 0.15) is 15.1 Å². The van der Waals surface area contributed by atoms with Crippen LogP contribution >= 0.6 is 22.6 Å². The number of pyridine rings is 1. The van der Waals surface area contributed by atoms with Gasteiger partial charge < -0.3 is 4.74 Å². The maximum Gasteiger partial charge on any atom is 0.158 e. The van der Waals surface area contributed by atoms with Crippen LogP contribution in [0.5, 0.6) is 5.75 Å². The van der Waals surface area contributed by atoms with Crippen LogP contribution in [0.25, 0.3) is 5.57 Å². The molecule has 4 heteroatoms. The van der Waals surface area contributed by atoms with Crippen LogP contribution in [-0.2, 0) is 0 Å². The second-order valence-electron chi connectivity index (χ2n) is 2.81. The minimum atomic E-state index is -0.339. The molecule has 0 unspecified atom stereocenters. The van der Waals surface area contributed by atoms with Gasteiger partial charge in [-0.2, -0.15) is 0 Å². The third-order valence-electron chi connectivity index (χ3n) is 1.89. The van der Waals surface area contributed by atoms with E-state index in [1.54, 1.807) is 0 Å². The van der Waals surface area contributed by atoms with Gasteiger partial charge >= 0.3 is 0 Å². The van der Waals surface area contributed by atoms with Crippen molar-refractivity contribution in [2.24, 2.45) is 0 Å². The molecular formula is C9H7FINO. The van der Waals surface area contributed by atoms with Crippen LogP contribution in [-0.4, -0.2) is 11.6 Å². The van der Waals surface area contributed by atoms with Crippen LogP contribution in [0.3, 0.4) is 0 Å². The highest BCUT2D eigenvalue weighted by atomic mass is 127. The molecule has 0 N–H and O–H groups in total. The van der Waals surface area contributed by atoms with Crippen molar-refractivity contribution in [3.63, 3.8) is 0 Å². The molecule has 2 heterocycles. The lowest BCUT2D eigenvalue weighted by Gasteiger charge is -2.18. The van der Waals surface area contributed by atoms with Crippen molar-refractivity contribution in [1.29, 1.82) is 0 Å². The Morgan fingerprint density at radius 3 is 3.15 bits per heavy atom. The van der Waals surface area contributed by atoms with Crippen LogP contribution < -0.4 is 4.74 Å². The first-order valence-corrected chi connectivity index (χ1v) is 4.93. The Morgan fingerprint density at radius 2 is 2.38 bits per heavy atom. The first-order chi connectivity index (χ1) is 6.18. The van der Waals surface area contributed by atoms with Gasteiger partial charge in [-0.3, -0.25) is 0 Å². The normalized spacial score (nSPS) is 15.1. The summed E-state index contributed by atoms with van der Waals surface area (Å²) < 4.78 is 18.7. The van der Waals surface area contributed by atoms with Crippen LogP contribution in [0.15, 0.2) is 12.6 Å². The molecule has 0 fully saturated rings. The molecule has 0 aromatic carbocycles. The second-order valence-corrected chi connectivity index (χ2v) is 3.83. The number of ether oxygens (including phenoxy) is 1. The van der Waals surface area contributed by atoms with Gasteiger partial charge in [-0.05, 0) is 28.2 Å². The second kappa shape index (κ2) is 3.25. The van der Waals surface area contributed by atoms with Gasteiger partial charge in [0.2, 0.25) is 0 Å². The average Bonchev–Trinajstić information content (AvgIpc) is 2.09. The van der Waals surface area contributed by atoms with E-state index in [4.69, 9.17) is 4.74 Å². The summed E-state index contributed by atoms with van der Waals surface area (Å²) in [4.78, 5) is 4.08. The van der Waals surface area contributed by atoms with E-state index in [1.165, 1.54) is 6.07 Å². The summed E-state index contributed by atoms with van der Waals surface area (Å²) in [5.74, 6) is 0.170. The monoisotopic (exact) mass is 291 g/mol. The maximum atomic E-state index is 13.1. The topological polar surface area (TPSA) is 22.1 Å². The third-order valence-corrected chi connectivity index (χ3v) is 2.65. The minimum Gasteiger partial charge on any atom is -0.491 e. The Morgan fingerprint density at radius 1 is 1.62 bits per heavy atom. The van der Waals surface area contributed by atoms with Crippen molar-refractivity contribution in [2.75, 3.05) is 6.61 Å². The molecule has 0 atom stereocenters. The Kier molecular flexibility index (Phi) is 2.23. The van der Waals surface area contributed by atoms with E-state index in [-0.39, 0.29) is 5.82 Å². The van der Waals surface area contributed by atoms with Crippen molar-refractivity contribution in [3.8, 4) is 5.75 Å². The van der Waals surface area contributed by atoms with Gasteiger partial charge in [-0.1, -0.05) is 6.58 Å². The number of rotatable bonds is 0. The summed E-state index contributed by atoms with van der Waals surface area (Å²) in [6, 6.07) is 1.37. The zero-order valence-electron chi connectivity index (χ0n) is 6.81. The van der Waals surface area contributed by atoms with Gasteiger partial charge in [0, 0.05) is 12.5 Å². The Hall–Kier alpha value is -0.650. The summed E-state index contributed by atoms with van der Waals surface area (Å²) in [6.45, 7) is 4.42. The number of aromatic nitrogens is 1. The fourth-order valence-electron chi connectivity index (χ4n) is 1.22. The molecule has 13 heavy (non-hydrogen) atoms. The molecule has 0 bridgehead atoms. The van der Waals surface area contributed by atoms with Crippen LogP contribution in [0.2, 0.25) is 0 Å². The molecule has 0 radical (unpaired) electrons. The molecular weight excluding hydrogens is 284 g/mol. The molecule has 1 aliphatic rings. The van der Waals surface area contributed by atoms with Crippen molar-refractivity contribution in [3.05, 3.63) is 27.9 Å². The van der Waals surface area contributed by atoms with Gasteiger partial charge in [-0.15, -0.1) is 0 Å². The molecule has 0 saturated carbocycles. The minimum absolute atomic E-state index is 0.339. The Balaban J connectivity index is 2.58.